The maximum absolute atomic E-state index is 11.5. The zero-order valence-electron chi connectivity index (χ0n) is 12.4. The molecule has 3 nitrogen and oxygen atoms in total. The van der Waals surface area contributed by atoms with Crippen LogP contribution in [0.4, 0.5) is 0 Å². The third kappa shape index (κ3) is 5.08. The first-order valence-electron chi connectivity index (χ1n) is 7.10. The van der Waals surface area contributed by atoms with Gasteiger partial charge in [0.05, 0.1) is 5.75 Å². The van der Waals surface area contributed by atoms with Gasteiger partial charge in [0, 0.05) is 16.8 Å². The van der Waals surface area contributed by atoms with Gasteiger partial charge >= 0.3 is 0 Å². The Morgan fingerprint density at radius 2 is 2.00 bits per heavy atom. The minimum absolute atomic E-state index is 0.111. The van der Waals surface area contributed by atoms with E-state index in [0.29, 0.717) is 6.42 Å². The monoisotopic (exact) mass is 317 g/mol. The maximum atomic E-state index is 11.5. The lowest BCUT2D eigenvalue weighted by atomic mass is 10.0. The molecule has 1 atom stereocenters. The van der Waals surface area contributed by atoms with Crippen molar-refractivity contribution >= 4 is 21.4 Å². The smallest absolute Gasteiger partial charge is 0.150 e. The highest BCUT2D eigenvalue weighted by Crippen LogP contribution is 2.28. The van der Waals surface area contributed by atoms with Crippen molar-refractivity contribution in [3.05, 3.63) is 34.3 Å². The van der Waals surface area contributed by atoms with Gasteiger partial charge < -0.3 is 5.32 Å². The lowest BCUT2D eigenvalue weighted by molar-refractivity contribution is 0.506. The summed E-state index contributed by atoms with van der Waals surface area (Å²) in [5.74, 6) is 0.457. The van der Waals surface area contributed by atoms with Crippen LogP contribution < -0.4 is 5.32 Å². The molecule has 1 rings (SSSR count). The third-order valence-electron chi connectivity index (χ3n) is 3.44. The van der Waals surface area contributed by atoms with E-state index in [2.05, 4.69) is 5.32 Å². The first-order chi connectivity index (χ1) is 9.41. The zero-order chi connectivity index (χ0) is 15.2. The van der Waals surface area contributed by atoms with Gasteiger partial charge in [-0.05, 0) is 37.4 Å². The Morgan fingerprint density at radius 3 is 2.60 bits per heavy atom. The number of aryl methyl sites for hydroxylation is 1. The largest absolute Gasteiger partial charge is 0.310 e. The molecule has 1 aromatic carbocycles. The first-order valence-corrected chi connectivity index (χ1v) is 9.30. The van der Waals surface area contributed by atoms with Crippen molar-refractivity contribution < 1.29 is 8.42 Å². The molecule has 0 aromatic heterocycles. The molecule has 0 radical (unpaired) electrons. The molecule has 0 saturated carbocycles. The van der Waals surface area contributed by atoms with Gasteiger partial charge in [-0.15, -0.1) is 0 Å². The van der Waals surface area contributed by atoms with E-state index in [4.69, 9.17) is 11.6 Å². The molecule has 0 aliphatic rings. The number of hydrogen-bond donors (Lipinski definition) is 1. The number of benzene rings is 1. The van der Waals surface area contributed by atoms with Crippen molar-refractivity contribution in [1.82, 2.24) is 5.32 Å². The highest BCUT2D eigenvalue weighted by molar-refractivity contribution is 7.91. The standard InChI is InChI=1S/C15H24ClNO2S/c1-4-17-14(10-7-11-20(18,19)5-2)13-9-6-8-12(3)15(13)16/h6,8-9,14,17H,4-5,7,10-11H2,1-3H3. The van der Waals surface area contributed by atoms with E-state index in [9.17, 15) is 8.42 Å². The maximum Gasteiger partial charge on any atom is 0.150 e. The second-order valence-electron chi connectivity index (χ2n) is 4.97. The molecule has 0 saturated heterocycles. The summed E-state index contributed by atoms with van der Waals surface area (Å²) in [5.41, 5.74) is 2.11. The summed E-state index contributed by atoms with van der Waals surface area (Å²) < 4.78 is 23.1. The van der Waals surface area contributed by atoms with Gasteiger partial charge in [-0.25, -0.2) is 8.42 Å². The minimum Gasteiger partial charge on any atom is -0.310 e. The zero-order valence-corrected chi connectivity index (χ0v) is 14.0. The Kier molecular flexibility index (Phi) is 7.00. The lowest BCUT2D eigenvalue weighted by Crippen LogP contribution is -2.22. The highest BCUT2D eigenvalue weighted by Gasteiger charge is 2.16. The Balaban J connectivity index is 2.77. The molecule has 0 bridgehead atoms. The Labute approximate surface area is 127 Å². The van der Waals surface area contributed by atoms with Crippen LogP contribution in [0.2, 0.25) is 5.02 Å². The second kappa shape index (κ2) is 8.01. The van der Waals surface area contributed by atoms with Gasteiger partial charge in [0.2, 0.25) is 0 Å². The fraction of sp³-hybridized carbons (Fsp3) is 0.600. The van der Waals surface area contributed by atoms with Gasteiger partial charge in [-0.1, -0.05) is 43.6 Å². The number of sulfone groups is 1. The van der Waals surface area contributed by atoms with Crippen LogP contribution in [0, 0.1) is 6.92 Å². The van der Waals surface area contributed by atoms with Crippen LogP contribution in [0.5, 0.6) is 0 Å². The summed E-state index contributed by atoms with van der Waals surface area (Å²) in [6.45, 7) is 6.54. The fourth-order valence-electron chi connectivity index (χ4n) is 2.20. The predicted molar refractivity (Wildman–Crippen MR) is 86.2 cm³/mol. The predicted octanol–water partition coefficient (Wildman–Crippen LogP) is 3.51. The SMILES string of the molecule is CCNC(CCCS(=O)(=O)CC)c1cccc(C)c1Cl. The average Bonchev–Trinajstić information content (AvgIpc) is 2.41. The molecular formula is C15H24ClNO2S. The second-order valence-corrected chi connectivity index (χ2v) is 7.82. The fourth-order valence-corrected chi connectivity index (χ4v) is 3.36. The van der Waals surface area contributed by atoms with E-state index in [1.807, 2.05) is 32.0 Å². The molecule has 5 heteroatoms. The number of rotatable bonds is 8. The highest BCUT2D eigenvalue weighted by atomic mass is 35.5. The number of hydrogen-bond acceptors (Lipinski definition) is 3. The van der Waals surface area contributed by atoms with Crippen molar-refractivity contribution in [2.45, 2.75) is 39.7 Å². The van der Waals surface area contributed by atoms with E-state index >= 15 is 0 Å². The summed E-state index contributed by atoms with van der Waals surface area (Å²) in [7, 11) is -2.89. The van der Waals surface area contributed by atoms with Gasteiger partial charge in [0.25, 0.3) is 0 Å². The van der Waals surface area contributed by atoms with E-state index in [0.717, 1.165) is 29.1 Å². The quantitative estimate of drug-likeness (QED) is 0.798. The molecule has 1 N–H and O–H groups in total. The normalized spacial score (nSPS) is 13.4. The Hall–Kier alpha value is -0.580. The van der Waals surface area contributed by atoms with Gasteiger partial charge in [-0.3, -0.25) is 0 Å². The van der Waals surface area contributed by atoms with Crippen LogP contribution in [0.25, 0.3) is 0 Å². The van der Waals surface area contributed by atoms with Crippen molar-refractivity contribution in [2.75, 3.05) is 18.1 Å². The Bertz CT molecular complexity index is 529. The number of halogens is 1. The van der Waals surface area contributed by atoms with Crippen LogP contribution in [0.1, 0.15) is 43.9 Å². The number of nitrogens with one attached hydrogen (secondary N) is 1. The van der Waals surface area contributed by atoms with E-state index in [1.165, 1.54) is 0 Å². The molecule has 0 aliphatic carbocycles. The topological polar surface area (TPSA) is 46.2 Å². The van der Waals surface area contributed by atoms with Crippen molar-refractivity contribution in [3.8, 4) is 0 Å². The molecule has 1 unspecified atom stereocenters. The summed E-state index contributed by atoms with van der Waals surface area (Å²) in [6, 6.07) is 6.09. The Morgan fingerprint density at radius 1 is 1.30 bits per heavy atom. The van der Waals surface area contributed by atoms with Gasteiger partial charge in [-0.2, -0.15) is 0 Å². The molecule has 0 aliphatic heterocycles. The summed E-state index contributed by atoms with van der Waals surface area (Å²) in [5, 5.41) is 4.17. The molecule has 20 heavy (non-hydrogen) atoms. The van der Waals surface area contributed by atoms with Crippen LogP contribution in [-0.4, -0.2) is 26.5 Å². The van der Waals surface area contributed by atoms with Crippen LogP contribution in [0.3, 0.4) is 0 Å². The van der Waals surface area contributed by atoms with Crippen molar-refractivity contribution in [1.29, 1.82) is 0 Å². The third-order valence-corrected chi connectivity index (χ3v) is 5.74. The molecular weight excluding hydrogens is 294 g/mol. The van der Waals surface area contributed by atoms with Crippen LogP contribution in [0.15, 0.2) is 18.2 Å². The molecule has 0 fully saturated rings. The summed E-state index contributed by atoms with van der Waals surface area (Å²) in [6.07, 6.45) is 1.42. The molecule has 0 heterocycles. The van der Waals surface area contributed by atoms with Gasteiger partial charge in [0.15, 0.2) is 0 Å². The molecule has 114 valence electrons. The summed E-state index contributed by atoms with van der Waals surface area (Å²) >= 11 is 6.36. The van der Waals surface area contributed by atoms with Crippen molar-refractivity contribution in [3.63, 3.8) is 0 Å². The van der Waals surface area contributed by atoms with E-state index < -0.39 is 9.84 Å². The lowest BCUT2D eigenvalue weighted by Gasteiger charge is -2.20. The van der Waals surface area contributed by atoms with E-state index in [1.54, 1.807) is 6.92 Å². The van der Waals surface area contributed by atoms with Gasteiger partial charge in [0.1, 0.15) is 9.84 Å². The first kappa shape index (κ1) is 17.5. The molecule has 0 spiro atoms. The van der Waals surface area contributed by atoms with Crippen LogP contribution >= 0.6 is 11.6 Å². The van der Waals surface area contributed by atoms with Crippen molar-refractivity contribution in [2.24, 2.45) is 0 Å². The minimum atomic E-state index is -2.89. The average molecular weight is 318 g/mol. The summed E-state index contributed by atoms with van der Waals surface area (Å²) in [4.78, 5) is 0. The van der Waals surface area contributed by atoms with E-state index in [-0.39, 0.29) is 17.5 Å². The van der Waals surface area contributed by atoms with Crippen LogP contribution in [-0.2, 0) is 9.84 Å². The molecule has 0 amide bonds. The molecule has 1 aromatic rings.